The number of ketones is 1. The van der Waals surface area contributed by atoms with Gasteiger partial charge in [-0.05, 0) is 51.0 Å². The summed E-state index contributed by atoms with van der Waals surface area (Å²) in [6.07, 6.45) is -4.27. The van der Waals surface area contributed by atoms with Crippen molar-refractivity contribution in [1.82, 2.24) is 0 Å². The number of carbonyl (C=O) groups is 1. The molecule has 1 saturated heterocycles. The van der Waals surface area contributed by atoms with Gasteiger partial charge in [0, 0.05) is 5.56 Å². The number of rotatable bonds is 6. The summed E-state index contributed by atoms with van der Waals surface area (Å²) in [5.41, 5.74) is 2.34. The predicted octanol–water partition coefficient (Wildman–Crippen LogP) is 0.577. The van der Waals surface area contributed by atoms with Crippen LogP contribution in [0, 0.1) is 0 Å². The van der Waals surface area contributed by atoms with Crippen LogP contribution in [-0.2, 0) is 11.2 Å². The number of hydrogen-bond acceptors (Lipinski definition) is 7. The zero-order valence-corrected chi connectivity index (χ0v) is 15.1. The molecule has 4 N–H and O–H groups in total. The van der Waals surface area contributed by atoms with Crippen LogP contribution >= 0.6 is 0 Å². The highest BCUT2D eigenvalue weighted by atomic mass is 16.7. The van der Waals surface area contributed by atoms with E-state index in [2.05, 4.69) is 0 Å². The minimum absolute atomic E-state index is 0.0807. The Balaban J connectivity index is 2.29. The molecule has 0 bridgehead atoms. The summed E-state index contributed by atoms with van der Waals surface area (Å²) in [4.78, 5) is 11.6. The van der Waals surface area contributed by atoms with Gasteiger partial charge in [-0.25, -0.2) is 0 Å². The van der Waals surface area contributed by atoms with Crippen LogP contribution in [0.3, 0.4) is 0 Å². The van der Waals surface area contributed by atoms with E-state index in [-0.39, 0.29) is 5.78 Å². The number of benzene rings is 1. The minimum atomic E-state index is -1.51. The molecular formula is C19H26O7. The highest BCUT2D eigenvalue weighted by molar-refractivity contribution is 5.94. The van der Waals surface area contributed by atoms with Crippen molar-refractivity contribution < 1.29 is 34.7 Å². The molecule has 7 heteroatoms. The molecule has 0 spiro atoms. The molecule has 1 heterocycles. The Hall–Kier alpha value is -1.77. The number of hydrogen-bond donors (Lipinski definition) is 4. The Morgan fingerprint density at radius 3 is 2.42 bits per heavy atom. The Morgan fingerprint density at radius 2 is 1.85 bits per heavy atom. The summed E-state index contributed by atoms with van der Waals surface area (Å²) < 4.78 is 11.1. The van der Waals surface area contributed by atoms with Crippen molar-refractivity contribution in [1.29, 1.82) is 0 Å². The van der Waals surface area contributed by atoms with Crippen molar-refractivity contribution in [3.63, 3.8) is 0 Å². The molecular weight excluding hydrogens is 340 g/mol. The largest absolute Gasteiger partial charge is 0.462 e. The second kappa shape index (κ2) is 8.75. The lowest BCUT2D eigenvalue weighted by atomic mass is 9.99. The number of allylic oxidation sites excluding steroid dienone is 2. The molecule has 2 rings (SSSR count). The molecule has 26 heavy (non-hydrogen) atoms. The first-order valence-corrected chi connectivity index (χ1v) is 8.49. The van der Waals surface area contributed by atoms with E-state index < -0.39 is 37.3 Å². The second-order valence-corrected chi connectivity index (χ2v) is 6.68. The van der Waals surface area contributed by atoms with Gasteiger partial charge in [0.05, 0.1) is 6.61 Å². The van der Waals surface area contributed by atoms with Crippen LogP contribution in [0.15, 0.2) is 29.8 Å². The molecule has 1 aromatic carbocycles. The SMILES string of the molecule is CC(=O)c1ccc(O[C@H]2O[C@H](CO)[C@@H](O)[C@H](O)[C@H]2O)c(CC=C(C)C)c1. The number of aliphatic hydroxyl groups is 4. The Kier molecular flexibility index (Phi) is 6.91. The first-order chi connectivity index (χ1) is 12.2. The maximum atomic E-state index is 11.6. The number of aliphatic hydroxyl groups excluding tert-OH is 4. The highest BCUT2D eigenvalue weighted by Crippen LogP contribution is 2.28. The third-order valence-corrected chi connectivity index (χ3v) is 4.29. The van der Waals surface area contributed by atoms with Gasteiger partial charge in [0.2, 0.25) is 6.29 Å². The van der Waals surface area contributed by atoms with E-state index in [0.29, 0.717) is 17.7 Å². The van der Waals surface area contributed by atoms with E-state index in [1.807, 2.05) is 19.9 Å². The molecule has 0 amide bonds. The van der Waals surface area contributed by atoms with E-state index in [4.69, 9.17) is 9.47 Å². The topological polar surface area (TPSA) is 116 Å². The maximum absolute atomic E-state index is 11.6. The van der Waals surface area contributed by atoms with Crippen molar-refractivity contribution in [2.24, 2.45) is 0 Å². The summed E-state index contributed by atoms with van der Waals surface area (Å²) in [5.74, 6) is 0.305. The Bertz CT molecular complexity index is 664. The van der Waals surface area contributed by atoms with Crippen LogP contribution in [0.1, 0.15) is 36.7 Å². The molecule has 144 valence electrons. The first kappa shape index (κ1) is 20.5. The van der Waals surface area contributed by atoms with Gasteiger partial charge in [0.25, 0.3) is 0 Å². The monoisotopic (exact) mass is 366 g/mol. The molecule has 1 fully saturated rings. The van der Waals surface area contributed by atoms with Gasteiger partial charge in [-0.2, -0.15) is 0 Å². The first-order valence-electron chi connectivity index (χ1n) is 8.49. The molecule has 1 aliphatic rings. The van der Waals surface area contributed by atoms with E-state index in [9.17, 15) is 25.2 Å². The fraction of sp³-hybridized carbons (Fsp3) is 0.526. The van der Waals surface area contributed by atoms with Crippen molar-refractivity contribution in [3.05, 3.63) is 41.0 Å². The summed E-state index contributed by atoms with van der Waals surface area (Å²) in [6, 6.07) is 4.92. The number of ether oxygens (including phenoxy) is 2. The Morgan fingerprint density at radius 1 is 1.15 bits per heavy atom. The summed E-state index contributed by atoms with van der Waals surface area (Å²) in [5, 5.41) is 39.1. The standard InChI is InChI=1S/C19H26O7/c1-10(2)4-5-13-8-12(11(3)21)6-7-14(13)25-19-18(24)17(23)16(22)15(9-20)26-19/h4,6-8,15-20,22-24H,5,9H2,1-3H3/t15-,16-,17+,18-,19+/m1/s1. The molecule has 1 aliphatic heterocycles. The van der Waals surface area contributed by atoms with Crippen molar-refractivity contribution >= 4 is 5.78 Å². The average Bonchev–Trinajstić information content (AvgIpc) is 2.60. The predicted molar refractivity (Wildman–Crippen MR) is 94.0 cm³/mol. The summed E-state index contributed by atoms with van der Waals surface area (Å²) in [6.45, 7) is 4.84. The van der Waals surface area contributed by atoms with Gasteiger partial charge >= 0.3 is 0 Å². The third kappa shape index (κ3) is 4.69. The van der Waals surface area contributed by atoms with Gasteiger partial charge in [-0.15, -0.1) is 0 Å². The second-order valence-electron chi connectivity index (χ2n) is 6.68. The van der Waals surface area contributed by atoms with Crippen molar-refractivity contribution in [3.8, 4) is 5.75 Å². The average molecular weight is 366 g/mol. The minimum Gasteiger partial charge on any atom is -0.462 e. The lowest BCUT2D eigenvalue weighted by Gasteiger charge is -2.39. The molecule has 0 aliphatic carbocycles. The van der Waals surface area contributed by atoms with E-state index in [0.717, 1.165) is 11.1 Å². The van der Waals surface area contributed by atoms with Crippen molar-refractivity contribution in [2.45, 2.75) is 57.9 Å². The zero-order chi connectivity index (χ0) is 19.4. The zero-order valence-electron chi connectivity index (χ0n) is 15.1. The Labute approximate surface area is 152 Å². The van der Waals surface area contributed by atoms with E-state index in [1.54, 1.807) is 18.2 Å². The van der Waals surface area contributed by atoms with Crippen LogP contribution in [0.4, 0.5) is 0 Å². The van der Waals surface area contributed by atoms with Crippen LogP contribution in [-0.4, -0.2) is 63.5 Å². The van der Waals surface area contributed by atoms with Gasteiger partial charge in [-0.3, -0.25) is 4.79 Å². The molecule has 5 atom stereocenters. The van der Waals surface area contributed by atoms with Gasteiger partial charge in [0.1, 0.15) is 30.2 Å². The highest BCUT2D eigenvalue weighted by Gasteiger charge is 2.44. The lowest BCUT2D eigenvalue weighted by molar-refractivity contribution is -0.277. The molecule has 0 saturated carbocycles. The molecule has 7 nitrogen and oxygen atoms in total. The summed E-state index contributed by atoms with van der Waals surface area (Å²) >= 11 is 0. The normalized spacial score (nSPS) is 28.5. The molecule has 0 aromatic heterocycles. The molecule has 0 unspecified atom stereocenters. The lowest BCUT2D eigenvalue weighted by Crippen LogP contribution is -2.60. The van der Waals surface area contributed by atoms with Crippen LogP contribution in [0.5, 0.6) is 5.75 Å². The fourth-order valence-electron chi connectivity index (χ4n) is 2.68. The smallest absolute Gasteiger partial charge is 0.229 e. The number of Topliss-reactive ketones (excluding diaryl/α,β-unsaturated/α-hetero) is 1. The molecule has 1 aromatic rings. The third-order valence-electron chi connectivity index (χ3n) is 4.29. The maximum Gasteiger partial charge on any atom is 0.229 e. The summed E-state index contributed by atoms with van der Waals surface area (Å²) in [7, 11) is 0. The van der Waals surface area contributed by atoms with Gasteiger partial charge < -0.3 is 29.9 Å². The van der Waals surface area contributed by atoms with Crippen LogP contribution in [0.25, 0.3) is 0 Å². The fourth-order valence-corrected chi connectivity index (χ4v) is 2.68. The van der Waals surface area contributed by atoms with E-state index >= 15 is 0 Å². The van der Waals surface area contributed by atoms with Crippen LogP contribution in [0.2, 0.25) is 0 Å². The quantitative estimate of drug-likeness (QED) is 0.430. The van der Waals surface area contributed by atoms with Gasteiger partial charge in [0.15, 0.2) is 5.78 Å². The van der Waals surface area contributed by atoms with Gasteiger partial charge in [-0.1, -0.05) is 11.6 Å². The van der Waals surface area contributed by atoms with Crippen molar-refractivity contribution in [2.75, 3.05) is 6.61 Å². The van der Waals surface area contributed by atoms with Crippen LogP contribution < -0.4 is 4.74 Å². The molecule has 0 radical (unpaired) electrons. The number of carbonyl (C=O) groups excluding carboxylic acids is 1. The van der Waals surface area contributed by atoms with E-state index in [1.165, 1.54) is 6.92 Å².